The molecule has 3 nitrogen and oxygen atoms in total. The summed E-state index contributed by atoms with van der Waals surface area (Å²) >= 11 is 0. The van der Waals surface area contributed by atoms with Gasteiger partial charge in [-0.3, -0.25) is 4.79 Å². The maximum atomic E-state index is 12.7. The summed E-state index contributed by atoms with van der Waals surface area (Å²) in [5.41, 5.74) is 0.609. The molecular formula is C15H22FNO2. The largest absolute Gasteiger partial charge is 0.460 e. The second-order valence-corrected chi connectivity index (χ2v) is 5.49. The first-order valence-corrected chi connectivity index (χ1v) is 6.54. The topological polar surface area (TPSA) is 38.3 Å². The molecule has 0 radical (unpaired) electrons. The lowest BCUT2D eigenvalue weighted by molar-refractivity contribution is -0.154. The minimum Gasteiger partial charge on any atom is -0.460 e. The van der Waals surface area contributed by atoms with Crippen molar-refractivity contribution >= 4 is 5.97 Å². The fraction of sp³-hybridized carbons (Fsp3) is 0.533. The van der Waals surface area contributed by atoms with Crippen LogP contribution in [0.2, 0.25) is 0 Å². The lowest BCUT2D eigenvalue weighted by Crippen LogP contribution is -2.24. The van der Waals surface area contributed by atoms with Crippen LogP contribution in [0.25, 0.3) is 0 Å². The van der Waals surface area contributed by atoms with Crippen molar-refractivity contribution in [3.05, 3.63) is 35.6 Å². The first-order valence-electron chi connectivity index (χ1n) is 6.54. The number of carbonyl (C=O) groups excluding carboxylic acids is 1. The highest BCUT2D eigenvalue weighted by atomic mass is 19.1. The van der Waals surface area contributed by atoms with Gasteiger partial charge in [-0.15, -0.1) is 0 Å². The van der Waals surface area contributed by atoms with E-state index in [0.717, 1.165) is 18.5 Å². The molecule has 19 heavy (non-hydrogen) atoms. The summed E-state index contributed by atoms with van der Waals surface area (Å²) in [5, 5.41) is 3.21. The minimum atomic E-state index is -0.418. The van der Waals surface area contributed by atoms with Crippen LogP contribution >= 0.6 is 0 Å². The Labute approximate surface area is 114 Å². The van der Waals surface area contributed by atoms with Gasteiger partial charge in [-0.1, -0.05) is 12.1 Å². The van der Waals surface area contributed by atoms with Gasteiger partial charge < -0.3 is 10.1 Å². The second kappa shape index (κ2) is 7.24. The Morgan fingerprint density at radius 1 is 1.26 bits per heavy atom. The van der Waals surface area contributed by atoms with Crippen molar-refractivity contribution in [3.8, 4) is 0 Å². The SMILES string of the molecule is CC(C)(C)OC(=O)CCCNCc1ccc(F)cc1. The van der Waals surface area contributed by atoms with Crippen LogP contribution in [0.15, 0.2) is 24.3 Å². The summed E-state index contributed by atoms with van der Waals surface area (Å²) in [7, 11) is 0. The van der Waals surface area contributed by atoms with Crippen LogP contribution in [0, 0.1) is 5.82 Å². The molecule has 0 saturated heterocycles. The molecule has 0 aliphatic rings. The Hall–Kier alpha value is -1.42. The molecule has 0 aliphatic heterocycles. The number of benzene rings is 1. The van der Waals surface area contributed by atoms with Gasteiger partial charge in [-0.05, 0) is 51.4 Å². The van der Waals surface area contributed by atoms with Gasteiger partial charge in [0.2, 0.25) is 0 Å². The van der Waals surface area contributed by atoms with Crippen LogP contribution in [0.5, 0.6) is 0 Å². The van der Waals surface area contributed by atoms with Gasteiger partial charge in [0.1, 0.15) is 11.4 Å². The molecule has 1 aromatic rings. The average molecular weight is 267 g/mol. The molecule has 0 bridgehead atoms. The fourth-order valence-electron chi connectivity index (χ4n) is 1.59. The van der Waals surface area contributed by atoms with E-state index >= 15 is 0 Å². The molecule has 1 aromatic carbocycles. The zero-order valence-electron chi connectivity index (χ0n) is 11.8. The van der Waals surface area contributed by atoms with Crippen LogP contribution in [0.4, 0.5) is 4.39 Å². The van der Waals surface area contributed by atoms with E-state index < -0.39 is 5.60 Å². The zero-order chi connectivity index (χ0) is 14.3. The summed E-state index contributed by atoms with van der Waals surface area (Å²) in [5.74, 6) is -0.398. The number of hydrogen-bond donors (Lipinski definition) is 1. The van der Waals surface area contributed by atoms with Gasteiger partial charge in [0.05, 0.1) is 0 Å². The highest BCUT2D eigenvalue weighted by molar-refractivity contribution is 5.69. The van der Waals surface area contributed by atoms with Crippen LogP contribution in [0.1, 0.15) is 39.2 Å². The lowest BCUT2D eigenvalue weighted by Gasteiger charge is -2.19. The van der Waals surface area contributed by atoms with E-state index in [4.69, 9.17) is 4.74 Å². The number of esters is 1. The van der Waals surface area contributed by atoms with E-state index in [1.165, 1.54) is 12.1 Å². The highest BCUT2D eigenvalue weighted by Gasteiger charge is 2.15. The number of nitrogens with one attached hydrogen (secondary N) is 1. The van der Waals surface area contributed by atoms with Crippen LogP contribution < -0.4 is 5.32 Å². The molecule has 0 fully saturated rings. The van der Waals surface area contributed by atoms with Crippen LogP contribution in [-0.2, 0) is 16.1 Å². The summed E-state index contributed by atoms with van der Waals surface area (Å²) in [6.07, 6.45) is 1.14. The number of carbonyl (C=O) groups is 1. The Morgan fingerprint density at radius 2 is 1.89 bits per heavy atom. The van der Waals surface area contributed by atoms with E-state index in [9.17, 15) is 9.18 Å². The van der Waals surface area contributed by atoms with Crippen molar-refractivity contribution in [2.75, 3.05) is 6.54 Å². The van der Waals surface area contributed by atoms with Gasteiger partial charge in [0.25, 0.3) is 0 Å². The smallest absolute Gasteiger partial charge is 0.306 e. The standard InChI is InChI=1S/C15H22FNO2/c1-15(2,3)19-14(18)5-4-10-17-11-12-6-8-13(16)9-7-12/h6-9,17H,4-5,10-11H2,1-3H3. The van der Waals surface area contributed by atoms with Crippen LogP contribution in [-0.4, -0.2) is 18.1 Å². The normalized spacial score (nSPS) is 11.4. The third-order valence-electron chi connectivity index (χ3n) is 2.40. The predicted molar refractivity (Wildman–Crippen MR) is 73.2 cm³/mol. The molecule has 0 amide bonds. The third-order valence-corrected chi connectivity index (χ3v) is 2.40. The van der Waals surface area contributed by atoms with Crippen molar-refractivity contribution in [3.63, 3.8) is 0 Å². The monoisotopic (exact) mass is 267 g/mol. The van der Waals surface area contributed by atoms with Crippen molar-refractivity contribution < 1.29 is 13.9 Å². The maximum Gasteiger partial charge on any atom is 0.306 e. The van der Waals surface area contributed by atoms with Crippen molar-refractivity contribution in [1.29, 1.82) is 0 Å². The first kappa shape index (κ1) is 15.6. The Balaban J connectivity index is 2.11. The molecule has 0 heterocycles. The van der Waals surface area contributed by atoms with Gasteiger partial charge in [0, 0.05) is 13.0 Å². The van der Waals surface area contributed by atoms with Crippen LogP contribution in [0.3, 0.4) is 0 Å². The lowest BCUT2D eigenvalue weighted by atomic mass is 10.2. The van der Waals surface area contributed by atoms with Gasteiger partial charge in [-0.2, -0.15) is 0 Å². The van der Waals surface area contributed by atoms with E-state index in [0.29, 0.717) is 13.0 Å². The molecule has 106 valence electrons. The number of rotatable bonds is 6. The molecule has 0 atom stereocenters. The Kier molecular flexibility index (Phi) is 5.96. The van der Waals surface area contributed by atoms with Crippen molar-refractivity contribution in [1.82, 2.24) is 5.32 Å². The molecule has 0 spiro atoms. The quantitative estimate of drug-likeness (QED) is 0.636. The molecule has 0 unspecified atom stereocenters. The predicted octanol–water partition coefficient (Wildman–Crippen LogP) is 3.04. The van der Waals surface area contributed by atoms with E-state index in [1.54, 1.807) is 12.1 Å². The zero-order valence-corrected chi connectivity index (χ0v) is 11.8. The summed E-state index contributed by atoms with van der Waals surface area (Å²) in [4.78, 5) is 11.4. The van der Waals surface area contributed by atoms with Gasteiger partial charge >= 0.3 is 5.97 Å². The average Bonchev–Trinajstić information content (AvgIpc) is 2.29. The molecule has 0 saturated carbocycles. The van der Waals surface area contributed by atoms with Gasteiger partial charge in [0.15, 0.2) is 0 Å². The third kappa shape index (κ3) is 7.57. The molecule has 0 aliphatic carbocycles. The fourth-order valence-corrected chi connectivity index (χ4v) is 1.59. The molecular weight excluding hydrogens is 245 g/mol. The van der Waals surface area contributed by atoms with Gasteiger partial charge in [-0.25, -0.2) is 4.39 Å². The summed E-state index contributed by atoms with van der Waals surface area (Å²) < 4.78 is 17.9. The molecule has 1 N–H and O–H groups in total. The first-order chi connectivity index (χ1) is 8.87. The number of halogens is 1. The summed E-state index contributed by atoms with van der Waals surface area (Å²) in [6.45, 7) is 6.98. The number of ether oxygens (including phenoxy) is 1. The van der Waals surface area contributed by atoms with E-state index in [-0.39, 0.29) is 11.8 Å². The van der Waals surface area contributed by atoms with E-state index in [1.807, 2.05) is 20.8 Å². The highest BCUT2D eigenvalue weighted by Crippen LogP contribution is 2.09. The molecule has 4 heteroatoms. The van der Waals surface area contributed by atoms with Crippen molar-refractivity contribution in [2.45, 2.75) is 45.8 Å². The Morgan fingerprint density at radius 3 is 2.47 bits per heavy atom. The minimum absolute atomic E-state index is 0.170. The van der Waals surface area contributed by atoms with Crippen molar-refractivity contribution in [2.24, 2.45) is 0 Å². The molecule has 1 rings (SSSR count). The number of hydrogen-bond acceptors (Lipinski definition) is 3. The van der Waals surface area contributed by atoms with E-state index in [2.05, 4.69) is 5.32 Å². The molecule has 0 aromatic heterocycles. The summed E-state index contributed by atoms with van der Waals surface area (Å²) in [6, 6.07) is 6.38. The Bertz CT molecular complexity index is 396. The second-order valence-electron chi connectivity index (χ2n) is 5.49. The maximum absolute atomic E-state index is 12.7.